The number of nitrogens with zero attached hydrogens (tertiary/aromatic N) is 2. The van der Waals surface area contributed by atoms with E-state index in [1.807, 2.05) is 18.2 Å². The van der Waals surface area contributed by atoms with Crippen molar-refractivity contribution in [3.8, 4) is 6.07 Å². The van der Waals surface area contributed by atoms with Crippen molar-refractivity contribution in [3.05, 3.63) is 68.2 Å². The second-order valence-electron chi connectivity index (χ2n) is 7.87. The molecule has 7 heteroatoms. The maximum Gasteiger partial charge on any atom is 0.266 e. The molecule has 31 heavy (non-hydrogen) atoms. The van der Waals surface area contributed by atoms with Gasteiger partial charge in [0.2, 0.25) is 0 Å². The van der Waals surface area contributed by atoms with Gasteiger partial charge in [-0.2, -0.15) is 5.26 Å². The zero-order chi connectivity index (χ0) is 22.9. The summed E-state index contributed by atoms with van der Waals surface area (Å²) < 4.78 is 0. The first-order valence-corrected chi connectivity index (χ1v) is 10.9. The minimum Gasteiger partial charge on any atom is -0.363 e. The minimum absolute atomic E-state index is 0.0713. The van der Waals surface area contributed by atoms with E-state index in [9.17, 15) is 10.1 Å². The molecule has 1 aliphatic rings. The molecule has 0 saturated heterocycles. The summed E-state index contributed by atoms with van der Waals surface area (Å²) in [6, 6.07) is 10.5. The Kier molecular flexibility index (Phi) is 6.71. The Morgan fingerprint density at radius 3 is 2.48 bits per heavy atom. The Labute approximate surface area is 197 Å². The highest BCUT2D eigenvalue weighted by molar-refractivity contribution is 6.42. The van der Waals surface area contributed by atoms with E-state index in [-0.39, 0.29) is 11.1 Å². The van der Waals surface area contributed by atoms with Gasteiger partial charge in [0.1, 0.15) is 11.6 Å². The molecule has 1 heterocycles. The summed E-state index contributed by atoms with van der Waals surface area (Å²) >= 11 is 18.5. The number of benzene rings is 2. The standard InChI is InChI=1S/C24H22Cl3N3O/c1-5-30-22-11-20(26)15(9-18(22)14(2)12-24(30,3)4)8-16(13-28)23(31)29-17-6-7-19(25)21(27)10-17/h6-12H,5H2,1-4H3,(H,29,31)/b16-8+. The molecule has 0 saturated carbocycles. The molecule has 1 amide bonds. The number of fused-ring (bicyclic) bond motifs is 1. The Bertz CT molecular complexity index is 1160. The third-order valence-corrected chi connectivity index (χ3v) is 6.32. The van der Waals surface area contributed by atoms with Gasteiger partial charge in [0, 0.05) is 28.5 Å². The van der Waals surface area contributed by atoms with Gasteiger partial charge < -0.3 is 10.2 Å². The zero-order valence-electron chi connectivity index (χ0n) is 17.7. The molecule has 4 nitrogen and oxygen atoms in total. The molecule has 0 fully saturated rings. The summed E-state index contributed by atoms with van der Waals surface area (Å²) in [6.45, 7) is 9.29. The van der Waals surface area contributed by atoms with Gasteiger partial charge in [0.05, 0.1) is 15.6 Å². The van der Waals surface area contributed by atoms with Crippen molar-refractivity contribution >= 4 is 63.7 Å². The summed E-state index contributed by atoms with van der Waals surface area (Å²) in [7, 11) is 0. The predicted octanol–water partition coefficient (Wildman–Crippen LogP) is 7.21. The van der Waals surface area contributed by atoms with Crippen molar-refractivity contribution < 1.29 is 4.79 Å². The maximum atomic E-state index is 12.7. The van der Waals surface area contributed by atoms with Crippen LogP contribution in [-0.4, -0.2) is 18.0 Å². The molecule has 2 aromatic rings. The van der Waals surface area contributed by atoms with Gasteiger partial charge in [0.25, 0.3) is 5.91 Å². The van der Waals surface area contributed by atoms with Gasteiger partial charge in [-0.05, 0) is 75.2 Å². The number of allylic oxidation sites excluding steroid dienone is 1. The van der Waals surface area contributed by atoms with E-state index in [0.29, 0.717) is 26.3 Å². The second kappa shape index (κ2) is 8.96. The van der Waals surface area contributed by atoms with Crippen LogP contribution in [0.4, 0.5) is 11.4 Å². The summed E-state index contributed by atoms with van der Waals surface area (Å²) in [4.78, 5) is 14.9. The molecule has 160 valence electrons. The fraction of sp³-hybridized carbons (Fsp3) is 0.250. The number of hydrogen-bond acceptors (Lipinski definition) is 3. The Morgan fingerprint density at radius 2 is 1.87 bits per heavy atom. The average molecular weight is 475 g/mol. The molecule has 0 unspecified atom stereocenters. The summed E-state index contributed by atoms with van der Waals surface area (Å²) in [5, 5.41) is 13.4. The molecule has 1 N–H and O–H groups in total. The van der Waals surface area contributed by atoms with Crippen molar-refractivity contribution in [1.29, 1.82) is 5.26 Å². The Hall–Kier alpha value is -2.45. The van der Waals surface area contributed by atoms with E-state index in [1.54, 1.807) is 12.1 Å². The van der Waals surface area contributed by atoms with Gasteiger partial charge in [-0.1, -0.05) is 40.9 Å². The Morgan fingerprint density at radius 1 is 1.16 bits per heavy atom. The largest absolute Gasteiger partial charge is 0.363 e. The van der Waals surface area contributed by atoms with E-state index in [0.717, 1.165) is 23.4 Å². The number of nitrogens with one attached hydrogen (secondary N) is 1. The van der Waals surface area contributed by atoms with Crippen molar-refractivity contribution in [1.82, 2.24) is 0 Å². The molecule has 2 aromatic carbocycles. The van der Waals surface area contributed by atoms with Crippen LogP contribution < -0.4 is 10.2 Å². The fourth-order valence-corrected chi connectivity index (χ4v) is 4.39. The highest BCUT2D eigenvalue weighted by atomic mass is 35.5. The third-order valence-electron chi connectivity index (χ3n) is 5.25. The minimum atomic E-state index is -0.557. The van der Waals surface area contributed by atoms with E-state index in [1.165, 1.54) is 12.1 Å². The lowest BCUT2D eigenvalue weighted by atomic mass is 9.88. The van der Waals surface area contributed by atoms with E-state index < -0.39 is 5.91 Å². The number of rotatable bonds is 4. The van der Waals surface area contributed by atoms with E-state index in [2.05, 4.69) is 44.0 Å². The molecule has 0 radical (unpaired) electrons. The smallest absolute Gasteiger partial charge is 0.266 e. The van der Waals surface area contributed by atoms with Crippen molar-refractivity contribution in [2.75, 3.05) is 16.8 Å². The average Bonchev–Trinajstić information content (AvgIpc) is 2.69. The normalized spacial score (nSPS) is 15.1. The predicted molar refractivity (Wildman–Crippen MR) is 131 cm³/mol. The van der Waals surface area contributed by atoms with Crippen LogP contribution in [0.3, 0.4) is 0 Å². The monoisotopic (exact) mass is 473 g/mol. The number of anilines is 2. The number of carbonyl (C=O) groups excluding carboxylic acids is 1. The number of amides is 1. The molecular formula is C24H22Cl3N3O. The molecule has 0 aromatic heterocycles. The third kappa shape index (κ3) is 4.75. The highest BCUT2D eigenvalue weighted by Crippen LogP contribution is 2.41. The lowest BCUT2D eigenvalue weighted by Crippen LogP contribution is -2.44. The molecule has 0 bridgehead atoms. The van der Waals surface area contributed by atoms with Gasteiger partial charge in [-0.25, -0.2) is 0 Å². The lowest BCUT2D eigenvalue weighted by Gasteiger charge is -2.43. The number of hydrogen-bond donors (Lipinski definition) is 1. The van der Waals surface area contributed by atoms with E-state index in [4.69, 9.17) is 34.8 Å². The van der Waals surface area contributed by atoms with Crippen LogP contribution in [0.5, 0.6) is 0 Å². The number of halogens is 3. The maximum absolute atomic E-state index is 12.7. The first-order valence-electron chi connectivity index (χ1n) is 9.76. The van der Waals surface area contributed by atoms with Crippen LogP contribution in [0, 0.1) is 11.3 Å². The molecule has 0 atom stereocenters. The number of carbonyl (C=O) groups is 1. The number of likely N-dealkylation sites (N-methyl/N-ethyl adjacent to an activating group) is 1. The first-order chi connectivity index (χ1) is 14.6. The van der Waals surface area contributed by atoms with Crippen LogP contribution in [0.25, 0.3) is 11.6 Å². The second-order valence-corrected chi connectivity index (χ2v) is 9.09. The van der Waals surface area contributed by atoms with Crippen LogP contribution in [0.2, 0.25) is 15.1 Å². The molecule has 0 spiro atoms. The van der Waals surface area contributed by atoms with Crippen molar-refractivity contribution in [2.24, 2.45) is 0 Å². The first kappa shape index (κ1) is 23.2. The quantitative estimate of drug-likeness (QED) is 0.376. The molecule has 1 aliphatic heterocycles. The number of nitriles is 1. The van der Waals surface area contributed by atoms with Crippen LogP contribution in [0.1, 0.15) is 38.8 Å². The van der Waals surface area contributed by atoms with Gasteiger partial charge in [0.15, 0.2) is 0 Å². The van der Waals surface area contributed by atoms with Crippen molar-refractivity contribution in [3.63, 3.8) is 0 Å². The Balaban J connectivity index is 1.98. The molecular weight excluding hydrogens is 453 g/mol. The van der Waals surface area contributed by atoms with Crippen molar-refractivity contribution in [2.45, 2.75) is 33.2 Å². The van der Waals surface area contributed by atoms with E-state index >= 15 is 0 Å². The topological polar surface area (TPSA) is 56.1 Å². The summed E-state index contributed by atoms with van der Waals surface area (Å²) in [6.07, 6.45) is 3.71. The summed E-state index contributed by atoms with van der Waals surface area (Å²) in [5.41, 5.74) is 4.02. The lowest BCUT2D eigenvalue weighted by molar-refractivity contribution is -0.112. The molecule has 0 aliphatic carbocycles. The fourth-order valence-electron chi connectivity index (χ4n) is 3.88. The van der Waals surface area contributed by atoms with Gasteiger partial charge >= 0.3 is 0 Å². The van der Waals surface area contributed by atoms with Crippen LogP contribution in [-0.2, 0) is 4.79 Å². The zero-order valence-corrected chi connectivity index (χ0v) is 20.0. The highest BCUT2D eigenvalue weighted by Gasteiger charge is 2.30. The molecule has 3 rings (SSSR count). The summed E-state index contributed by atoms with van der Waals surface area (Å²) in [5.74, 6) is -0.557. The van der Waals surface area contributed by atoms with Crippen LogP contribution >= 0.6 is 34.8 Å². The van der Waals surface area contributed by atoms with Gasteiger partial charge in [-0.15, -0.1) is 0 Å². The van der Waals surface area contributed by atoms with Gasteiger partial charge in [-0.3, -0.25) is 4.79 Å². The SMILES string of the molecule is CCN1c2cc(Cl)c(/C=C(\C#N)C(=O)Nc3ccc(Cl)c(Cl)c3)cc2C(C)=CC1(C)C. The van der Waals surface area contributed by atoms with Crippen LogP contribution in [0.15, 0.2) is 42.0 Å².